The van der Waals surface area contributed by atoms with Crippen molar-refractivity contribution in [1.82, 2.24) is 4.98 Å². The average molecular weight is 230 g/mol. The summed E-state index contributed by atoms with van der Waals surface area (Å²) in [5, 5.41) is 16.9. The molecule has 0 aliphatic heterocycles. The van der Waals surface area contributed by atoms with Crippen molar-refractivity contribution in [3.05, 3.63) is 28.8 Å². The number of pyridine rings is 1. The fourth-order valence-electron chi connectivity index (χ4n) is 1.09. The van der Waals surface area contributed by atoms with Crippen LogP contribution in [0.4, 0.5) is 13.2 Å². The molecule has 1 rings (SSSR count). The van der Waals surface area contributed by atoms with Crippen molar-refractivity contribution >= 4 is 5.97 Å². The summed E-state index contributed by atoms with van der Waals surface area (Å²) in [6.07, 6.45) is -3.79. The number of hydrogen-bond acceptors (Lipinski definition) is 3. The van der Waals surface area contributed by atoms with Crippen molar-refractivity contribution in [2.75, 3.05) is 0 Å². The Balaban J connectivity index is 3.27. The molecule has 0 unspecified atom stereocenters. The quantitative estimate of drug-likeness (QED) is 0.801. The topological polar surface area (TPSA) is 74.0 Å². The molecule has 0 aromatic carbocycles. The van der Waals surface area contributed by atoms with E-state index in [2.05, 4.69) is 4.98 Å². The van der Waals surface area contributed by atoms with Crippen molar-refractivity contribution < 1.29 is 23.1 Å². The fraction of sp³-hybridized carbons (Fsp3) is 0.222. The van der Waals surface area contributed by atoms with Gasteiger partial charge in [-0.1, -0.05) is 0 Å². The molecule has 4 nitrogen and oxygen atoms in total. The molecule has 0 saturated heterocycles. The maximum Gasteiger partial charge on any atom is 0.307 e. The summed E-state index contributed by atoms with van der Waals surface area (Å²) < 4.78 is 37.7. The van der Waals surface area contributed by atoms with Gasteiger partial charge in [0.25, 0.3) is 6.43 Å². The number of nitriles is 1. The summed E-state index contributed by atoms with van der Waals surface area (Å²) in [7, 11) is 0. The zero-order valence-electron chi connectivity index (χ0n) is 7.75. The second-order valence-corrected chi connectivity index (χ2v) is 2.85. The largest absolute Gasteiger partial charge is 0.481 e. The molecule has 1 heterocycles. The van der Waals surface area contributed by atoms with Gasteiger partial charge < -0.3 is 5.11 Å². The molecular formula is C9H5F3N2O2. The van der Waals surface area contributed by atoms with E-state index >= 15 is 0 Å². The summed E-state index contributed by atoms with van der Waals surface area (Å²) in [6.45, 7) is 0. The van der Waals surface area contributed by atoms with Crippen LogP contribution in [0.25, 0.3) is 0 Å². The number of hydrogen-bond donors (Lipinski definition) is 1. The normalized spacial score (nSPS) is 10.2. The molecule has 0 aliphatic rings. The number of nitrogens with zero attached hydrogens (tertiary/aromatic N) is 2. The predicted molar refractivity (Wildman–Crippen MR) is 45.2 cm³/mol. The smallest absolute Gasteiger partial charge is 0.307 e. The standard InChI is InChI=1S/C9H5F3N2O2/c10-8(11)7-5(3-13)1-4(2-6(15)16)9(12)14-7/h1,8H,2H2,(H,15,16). The highest BCUT2D eigenvalue weighted by molar-refractivity contribution is 5.70. The average Bonchev–Trinajstić information content (AvgIpc) is 2.19. The molecule has 0 amide bonds. The molecule has 0 bridgehead atoms. The van der Waals surface area contributed by atoms with Crippen LogP contribution >= 0.6 is 0 Å². The number of carboxylic acid groups (broad SMARTS) is 1. The lowest BCUT2D eigenvalue weighted by molar-refractivity contribution is -0.136. The second kappa shape index (κ2) is 4.61. The van der Waals surface area contributed by atoms with Gasteiger partial charge >= 0.3 is 5.97 Å². The van der Waals surface area contributed by atoms with Crippen molar-refractivity contribution in [3.63, 3.8) is 0 Å². The molecule has 0 radical (unpaired) electrons. The molecule has 84 valence electrons. The first-order valence-electron chi connectivity index (χ1n) is 4.05. The van der Waals surface area contributed by atoms with Crippen LogP contribution in [0.15, 0.2) is 6.07 Å². The third-order valence-electron chi connectivity index (χ3n) is 1.75. The molecule has 0 saturated carbocycles. The SMILES string of the molecule is N#Cc1cc(CC(=O)O)c(F)nc1C(F)F. The summed E-state index contributed by atoms with van der Waals surface area (Å²) >= 11 is 0. The van der Waals surface area contributed by atoms with Crippen LogP contribution in [0.5, 0.6) is 0 Å². The first-order valence-corrected chi connectivity index (χ1v) is 4.05. The second-order valence-electron chi connectivity index (χ2n) is 2.85. The molecule has 1 aromatic rings. The van der Waals surface area contributed by atoms with Gasteiger partial charge in [0.15, 0.2) is 0 Å². The van der Waals surface area contributed by atoms with E-state index < -0.39 is 41.6 Å². The van der Waals surface area contributed by atoms with Crippen molar-refractivity contribution in [2.24, 2.45) is 0 Å². The number of aromatic nitrogens is 1. The van der Waals surface area contributed by atoms with Crippen molar-refractivity contribution in [1.29, 1.82) is 5.26 Å². The molecule has 0 atom stereocenters. The molecule has 0 spiro atoms. The van der Waals surface area contributed by atoms with E-state index in [0.29, 0.717) is 0 Å². The monoisotopic (exact) mass is 230 g/mol. The van der Waals surface area contributed by atoms with E-state index in [1.165, 1.54) is 6.07 Å². The van der Waals surface area contributed by atoms with Gasteiger partial charge in [-0.3, -0.25) is 4.79 Å². The Bertz CT molecular complexity index is 469. The molecule has 7 heteroatoms. The molecular weight excluding hydrogens is 225 g/mol. The van der Waals surface area contributed by atoms with Gasteiger partial charge in [-0.2, -0.15) is 9.65 Å². The summed E-state index contributed by atoms with van der Waals surface area (Å²) in [6, 6.07) is 2.19. The zero-order chi connectivity index (χ0) is 12.3. The number of carboxylic acids is 1. The first-order chi connectivity index (χ1) is 7.45. The zero-order valence-corrected chi connectivity index (χ0v) is 7.75. The Morgan fingerprint density at radius 3 is 2.69 bits per heavy atom. The highest BCUT2D eigenvalue weighted by atomic mass is 19.3. The maximum atomic E-state index is 13.1. The molecule has 1 N–H and O–H groups in total. The number of halogens is 3. The van der Waals surface area contributed by atoms with E-state index in [1.807, 2.05) is 0 Å². The minimum absolute atomic E-state index is 0.395. The van der Waals surface area contributed by atoms with Crippen molar-refractivity contribution in [3.8, 4) is 6.07 Å². The van der Waals surface area contributed by atoms with E-state index in [-0.39, 0.29) is 0 Å². The van der Waals surface area contributed by atoms with Gasteiger partial charge in [0, 0.05) is 5.56 Å². The lowest BCUT2D eigenvalue weighted by Crippen LogP contribution is -2.07. The van der Waals surface area contributed by atoms with Gasteiger partial charge in [0.05, 0.1) is 12.0 Å². The van der Waals surface area contributed by atoms with Crippen molar-refractivity contribution in [2.45, 2.75) is 12.8 Å². The number of aliphatic carboxylic acids is 1. The van der Waals surface area contributed by atoms with E-state index in [0.717, 1.165) is 6.07 Å². The predicted octanol–water partition coefficient (Wildman–Crippen LogP) is 1.66. The molecule has 1 aromatic heterocycles. The maximum absolute atomic E-state index is 13.1. The third-order valence-corrected chi connectivity index (χ3v) is 1.75. The number of alkyl halides is 2. The summed E-state index contributed by atoms with van der Waals surface area (Å²) in [5.74, 6) is -2.63. The van der Waals surface area contributed by atoms with Crippen LogP contribution in [-0.4, -0.2) is 16.1 Å². The third kappa shape index (κ3) is 2.48. The van der Waals surface area contributed by atoms with Gasteiger partial charge in [0.1, 0.15) is 11.8 Å². The van der Waals surface area contributed by atoms with Gasteiger partial charge in [-0.25, -0.2) is 13.8 Å². The summed E-state index contributed by atoms with van der Waals surface area (Å²) in [4.78, 5) is 13.2. The van der Waals surface area contributed by atoms with Crippen LogP contribution in [0, 0.1) is 17.3 Å². The van der Waals surface area contributed by atoms with Crippen LogP contribution in [-0.2, 0) is 11.2 Å². The Morgan fingerprint density at radius 1 is 1.62 bits per heavy atom. The lowest BCUT2D eigenvalue weighted by Gasteiger charge is -2.05. The highest BCUT2D eigenvalue weighted by Gasteiger charge is 2.19. The van der Waals surface area contributed by atoms with Gasteiger partial charge in [0.2, 0.25) is 5.95 Å². The van der Waals surface area contributed by atoms with Crippen LogP contribution in [0.3, 0.4) is 0 Å². The highest BCUT2D eigenvalue weighted by Crippen LogP contribution is 2.22. The number of carbonyl (C=O) groups is 1. The fourth-order valence-corrected chi connectivity index (χ4v) is 1.09. The van der Waals surface area contributed by atoms with Gasteiger partial charge in [-0.05, 0) is 6.07 Å². The van der Waals surface area contributed by atoms with E-state index in [9.17, 15) is 18.0 Å². The summed E-state index contributed by atoms with van der Waals surface area (Å²) in [5.41, 5.74) is -1.89. The van der Waals surface area contributed by atoms with Gasteiger partial charge in [-0.15, -0.1) is 0 Å². The molecule has 0 fully saturated rings. The Labute approximate surface area is 88.0 Å². The van der Waals surface area contributed by atoms with E-state index in [1.54, 1.807) is 0 Å². The Morgan fingerprint density at radius 2 is 2.25 bits per heavy atom. The Kier molecular flexibility index (Phi) is 3.45. The lowest BCUT2D eigenvalue weighted by atomic mass is 10.1. The minimum Gasteiger partial charge on any atom is -0.481 e. The molecule has 16 heavy (non-hydrogen) atoms. The Hall–Kier alpha value is -2.10. The van der Waals surface area contributed by atoms with Crippen LogP contribution in [0.1, 0.15) is 23.2 Å². The van der Waals surface area contributed by atoms with Crippen LogP contribution in [0.2, 0.25) is 0 Å². The van der Waals surface area contributed by atoms with E-state index in [4.69, 9.17) is 10.4 Å². The minimum atomic E-state index is -3.08. The van der Waals surface area contributed by atoms with Crippen LogP contribution < -0.4 is 0 Å². The first kappa shape index (κ1) is 12.0. The molecule has 0 aliphatic carbocycles. The number of rotatable bonds is 3.